The summed E-state index contributed by atoms with van der Waals surface area (Å²) < 4.78 is 17.0. The Morgan fingerprint density at radius 2 is 0.615 bits per heavy atom. The Labute approximate surface area is 230 Å². The van der Waals surface area contributed by atoms with Crippen LogP contribution in [-0.4, -0.2) is 30.3 Å². The fourth-order valence-electron chi connectivity index (χ4n) is 2.73. The molecule has 0 radical (unpaired) electrons. The van der Waals surface area contributed by atoms with Crippen LogP contribution in [0, 0.1) is 0 Å². The van der Waals surface area contributed by atoms with Crippen LogP contribution in [0.4, 0.5) is 0 Å². The second kappa shape index (κ2) is 18.7. The van der Waals surface area contributed by atoms with Crippen molar-refractivity contribution >= 4 is 0 Å². The molecule has 0 bridgehead atoms. The first-order valence-corrected chi connectivity index (χ1v) is 13.0. The van der Waals surface area contributed by atoms with Crippen LogP contribution >= 0.6 is 0 Å². The summed E-state index contributed by atoms with van der Waals surface area (Å²) in [7, 11) is 0. The maximum atomic E-state index is 9.42. The van der Waals surface area contributed by atoms with Crippen LogP contribution in [0.3, 0.4) is 0 Å². The zero-order valence-electron chi connectivity index (χ0n) is 23.5. The lowest BCUT2D eigenvalue weighted by Crippen LogP contribution is -2.07. The van der Waals surface area contributed by atoms with Crippen molar-refractivity contribution in [3.05, 3.63) is 89.5 Å². The van der Waals surface area contributed by atoms with Gasteiger partial charge in [0.15, 0.2) is 0 Å². The van der Waals surface area contributed by atoms with E-state index in [1.54, 1.807) is 72.8 Å². The Bertz CT molecular complexity index is 1020. The molecule has 0 aliphatic heterocycles. The molecule has 1 heterocycles. The van der Waals surface area contributed by atoms with E-state index in [-0.39, 0.29) is 55.1 Å². The number of hydrogen-bond donors (Lipinski definition) is 3. The van der Waals surface area contributed by atoms with Crippen molar-refractivity contribution in [2.75, 3.05) is 0 Å². The molecule has 0 saturated carbocycles. The van der Waals surface area contributed by atoms with Gasteiger partial charge in [-0.15, -0.1) is 15.0 Å². The predicted molar refractivity (Wildman–Crippen MR) is 151 cm³/mol. The zero-order valence-corrected chi connectivity index (χ0v) is 23.5. The maximum Gasteiger partial charge on any atom is 0.326 e. The molecule has 3 aromatic carbocycles. The van der Waals surface area contributed by atoms with Crippen molar-refractivity contribution in [3.8, 4) is 35.3 Å². The average Bonchev–Trinajstić information content (AvgIpc) is 2.99. The molecule has 4 rings (SSSR count). The summed E-state index contributed by atoms with van der Waals surface area (Å²) in [4.78, 5) is 12.6. The second-order valence-electron chi connectivity index (χ2n) is 7.05. The van der Waals surface area contributed by atoms with Crippen LogP contribution in [0.5, 0.6) is 35.3 Å². The molecule has 0 aliphatic carbocycles. The Morgan fingerprint density at radius 1 is 0.410 bits per heavy atom. The fraction of sp³-hybridized carbons (Fsp3) is 0.300. The molecule has 210 valence electrons. The van der Waals surface area contributed by atoms with Crippen LogP contribution in [0.2, 0.25) is 0 Å². The Morgan fingerprint density at radius 3 is 0.821 bits per heavy atom. The minimum Gasteiger partial charge on any atom is -0.508 e. The van der Waals surface area contributed by atoms with Gasteiger partial charge in [0.05, 0.1) is 0 Å². The van der Waals surface area contributed by atoms with Gasteiger partial charge in [-0.05, 0) is 53.1 Å². The molecular formula is C30H39N3O6. The van der Waals surface area contributed by atoms with E-state index in [2.05, 4.69) is 15.0 Å². The first kappa shape index (κ1) is 32.5. The van der Waals surface area contributed by atoms with E-state index in [0.29, 0.717) is 0 Å². The molecule has 0 saturated heterocycles. The van der Waals surface area contributed by atoms with Gasteiger partial charge in [0.1, 0.15) is 37.1 Å². The first-order valence-electron chi connectivity index (χ1n) is 13.0. The zero-order chi connectivity index (χ0) is 29.0. The monoisotopic (exact) mass is 537 g/mol. The Kier molecular flexibility index (Phi) is 15.6. The van der Waals surface area contributed by atoms with E-state index in [1.165, 1.54) is 0 Å². The molecule has 0 spiro atoms. The number of ether oxygens (including phenoxy) is 3. The number of rotatable bonds is 9. The lowest BCUT2D eigenvalue weighted by Gasteiger charge is -2.10. The molecule has 0 amide bonds. The van der Waals surface area contributed by atoms with Crippen molar-refractivity contribution in [3.63, 3.8) is 0 Å². The van der Waals surface area contributed by atoms with Gasteiger partial charge in [0.2, 0.25) is 0 Å². The van der Waals surface area contributed by atoms with Gasteiger partial charge in [0, 0.05) is 0 Å². The number of benzene rings is 3. The third-order valence-electron chi connectivity index (χ3n) is 4.49. The minimum absolute atomic E-state index is 0.0134. The van der Waals surface area contributed by atoms with Gasteiger partial charge in [-0.1, -0.05) is 77.9 Å². The number of phenols is 3. The molecular weight excluding hydrogens is 498 g/mol. The van der Waals surface area contributed by atoms with Crippen molar-refractivity contribution in [1.29, 1.82) is 0 Å². The lowest BCUT2D eigenvalue weighted by atomic mass is 10.2. The molecule has 9 heteroatoms. The fourth-order valence-corrected chi connectivity index (χ4v) is 2.73. The highest BCUT2D eigenvalue weighted by Crippen LogP contribution is 2.20. The van der Waals surface area contributed by atoms with Gasteiger partial charge < -0.3 is 29.5 Å². The second-order valence-corrected chi connectivity index (χ2v) is 7.05. The van der Waals surface area contributed by atoms with Gasteiger partial charge in [-0.3, -0.25) is 0 Å². The topological polar surface area (TPSA) is 127 Å². The first-order chi connectivity index (χ1) is 19.0. The quantitative estimate of drug-likeness (QED) is 0.211. The summed E-state index contributed by atoms with van der Waals surface area (Å²) in [6.07, 6.45) is 0. The largest absolute Gasteiger partial charge is 0.508 e. The minimum atomic E-state index is 0.0134. The molecule has 3 N–H and O–H groups in total. The molecule has 0 atom stereocenters. The number of aromatic hydroxyl groups is 3. The number of phenolic OH excluding ortho intramolecular Hbond substituents is 3. The van der Waals surface area contributed by atoms with E-state index >= 15 is 0 Å². The van der Waals surface area contributed by atoms with Gasteiger partial charge >= 0.3 is 18.0 Å². The third-order valence-corrected chi connectivity index (χ3v) is 4.49. The van der Waals surface area contributed by atoms with Crippen molar-refractivity contribution in [2.45, 2.75) is 61.4 Å². The third kappa shape index (κ3) is 12.0. The summed E-state index contributed by atoms with van der Waals surface area (Å²) in [5.74, 6) is 0.483. The standard InChI is InChI=1S/C24H21N3O6.3C2H6/c28-19-7-1-16(2-8-19)13-31-22-25-23(32-14-17-3-9-20(29)10-4-17)27-24(26-22)33-15-18-5-11-21(30)12-6-18;3*1-2/h1-12,28-30H,13-15H2;3*1-2H3. The van der Waals surface area contributed by atoms with E-state index in [0.717, 1.165) is 16.7 Å². The molecule has 1 aromatic heterocycles. The van der Waals surface area contributed by atoms with Crippen LogP contribution in [0.25, 0.3) is 0 Å². The van der Waals surface area contributed by atoms with E-state index in [4.69, 9.17) is 14.2 Å². The normalized spacial score (nSPS) is 9.38. The average molecular weight is 538 g/mol. The lowest BCUT2D eigenvalue weighted by molar-refractivity contribution is 0.223. The molecule has 0 fully saturated rings. The summed E-state index contributed by atoms with van der Waals surface area (Å²) in [5.41, 5.74) is 2.43. The number of aromatic nitrogens is 3. The maximum absolute atomic E-state index is 9.42. The van der Waals surface area contributed by atoms with Gasteiger partial charge in [-0.2, -0.15) is 0 Å². The molecule has 39 heavy (non-hydrogen) atoms. The summed E-state index contributed by atoms with van der Waals surface area (Å²) >= 11 is 0. The molecule has 0 aliphatic rings. The smallest absolute Gasteiger partial charge is 0.326 e. The molecule has 0 unspecified atom stereocenters. The van der Waals surface area contributed by atoms with Gasteiger partial charge in [-0.25, -0.2) is 0 Å². The van der Waals surface area contributed by atoms with E-state index in [9.17, 15) is 15.3 Å². The summed E-state index contributed by atoms with van der Waals surface area (Å²) in [6, 6.07) is 19.7. The van der Waals surface area contributed by atoms with Crippen LogP contribution in [-0.2, 0) is 19.8 Å². The highest BCUT2D eigenvalue weighted by atomic mass is 16.5. The number of nitrogens with zero attached hydrogens (tertiary/aromatic N) is 3. The van der Waals surface area contributed by atoms with Crippen molar-refractivity contribution < 1.29 is 29.5 Å². The summed E-state index contributed by atoms with van der Waals surface area (Å²) in [5, 5.41) is 28.2. The van der Waals surface area contributed by atoms with Gasteiger partial charge in [0.25, 0.3) is 0 Å². The predicted octanol–water partition coefficient (Wildman–Crippen LogP) is 6.80. The summed E-state index contributed by atoms with van der Waals surface area (Å²) in [6.45, 7) is 12.5. The molecule has 4 aromatic rings. The highest BCUT2D eigenvalue weighted by molar-refractivity contribution is 5.27. The van der Waals surface area contributed by atoms with Crippen LogP contribution in [0.15, 0.2) is 72.8 Å². The van der Waals surface area contributed by atoms with Crippen LogP contribution in [0.1, 0.15) is 58.2 Å². The van der Waals surface area contributed by atoms with Crippen LogP contribution < -0.4 is 14.2 Å². The SMILES string of the molecule is CC.CC.CC.Oc1ccc(COc2nc(OCc3ccc(O)cc3)nc(OCc3ccc(O)cc3)n2)cc1. The number of hydrogen-bond acceptors (Lipinski definition) is 9. The Hall–Kier alpha value is -4.53. The van der Waals surface area contributed by atoms with Crippen molar-refractivity contribution in [2.24, 2.45) is 0 Å². The van der Waals surface area contributed by atoms with E-state index < -0.39 is 0 Å². The van der Waals surface area contributed by atoms with Crippen molar-refractivity contribution in [1.82, 2.24) is 15.0 Å². The highest BCUT2D eigenvalue weighted by Gasteiger charge is 2.11. The Balaban J connectivity index is 0.00000119. The van der Waals surface area contributed by atoms with E-state index in [1.807, 2.05) is 41.5 Å². The molecule has 9 nitrogen and oxygen atoms in total.